The second kappa shape index (κ2) is 7.09. The lowest BCUT2D eigenvalue weighted by Crippen LogP contribution is -2.37. The molecular weight excluding hydrogens is 357 g/mol. The number of carbonyl (C=O) groups is 1. The van der Waals surface area contributed by atoms with Crippen molar-refractivity contribution in [1.82, 2.24) is 4.98 Å². The van der Waals surface area contributed by atoms with E-state index in [9.17, 15) is 17.6 Å². The summed E-state index contributed by atoms with van der Waals surface area (Å²) in [7, 11) is -3.73. The lowest BCUT2D eigenvalue weighted by Gasteiger charge is -2.22. The van der Waals surface area contributed by atoms with Crippen molar-refractivity contribution < 1.29 is 17.6 Å². The Balaban J connectivity index is 1.85. The first-order chi connectivity index (χ1) is 12.3. The summed E-state index contributed by atoms with van der Waals surface area (Å²) in [5.74, 6) is -1.02. The fourth-order valence-corrected chi connectivity index (χ4v) is 3.39. The molecule has 6 nitrogen and oxygen atoms in total. The van der Waals surface area contributed by atoms with E-state index in [-0.39, 0.29) is 5.69 Å². The summed E-state index contributed by atoms with van der Waals surface area (Å²) in [5, 5.41) is 3.54. The number of sulfonamides is 1. The Labute approximate surface area is 150 Å². The molecule has 3 rings (SSSR count). The molecular formula is C18H16FN3O3S. The largest absolute Gasteiger partial charge is 0.323 e. The zero-order valence-corrected chi connectivity index (χ0v) is 14.7. The molecule has 0 saturated heterocycles. The van der Waals surface area contributed by atoms with Gasteiger partial charge in [0.15, 0.2) is 0 Å². The van der Waals surface area contributed by atoms with Crippen LogP contribution in [0.15, 0.2) is 60.8 Å². The number of amides is 1. The van der Waals surface area contributed by atoms with Gasteiger partial charge >= 0.3 is 0 Å². The van der Waals surface area contributed by atoms with Gasteiger partial charge in [0.1, 0.15) is 12.4 Å². The normalized spacial score (nSPS) is 11.3. The van der Waals surface area contributed by atoms with Gasteiger partial charge in [0.05, 0.1) is 23.1 Å². The van der Waals surface area contributed by atoms with E-state index in [1.807, 2.05) is 12.1 Å². The van der Waals surface area contributed by atoms with E-state index >= 15 is 0 Å². The summed E-state index contributed by atoms with van der Waals surface area (Å²) in [6, 6.07) is 13.9. The fraction of sp³-hybridized carbons (Fsp3) is 0.111. The Bertz CT molecular complexity index is 1050. The van der Waals surface area contributed by atoms with Crippen LogP contribution in [0.5, 0.6) is 0 Å². The fourth-order valence-electron chi connectivity index (χ4n) is 2.53. The molecule has 1 heterocycles. The Morgan fingerprint density at radius 3 is 2.50 bits per heavy atom. The maximum atomic E-state index is 13.1. The van der Waals surface area contributed by atoms with Crippen LogP contribution in [0.2, 0.25) is 0 Å². The molecule has 0 aliphatic rings. The summed E-state index contributed by atoms with van der Waals surface area (Å²) in [5.41, 5.74) is 1.30. The van der Waals surface area contributed by atoms with Crippen molar-refractivity contribution in [1.29, 1.82) is 0 Å². The predicted molar refractivity (Wildman–Crippen MR) is 99.0 cm³/mol. The second-order valence-corrected chi connectivity index (χ2v) is 7.58. The number of para-hydroxylation sites is 1. The van der Waals surface area contributed by atoms with Crippen LogP contribution in [-0.4, -0.2) is 32.1 Å². The number of carbonyl (C=O) groups excluding carboxylic acids is 1. The lowest BCUT2D eigenvalue weighted by molar-refractivity contribution is -0.114. The number of rotatable bonds is 5. The maximum Gasteiger partial charge on any atom is 0.245 e. The van der Waals surface area contributed by atoms with Gasteiger partial charge in [-0.15, -0.1) is 0 Å². The molecule has 1 aromatic heterocycles. The van der Waals surface area contributed by atoms with Crippen molar-refractivity contribution in [2.45, 2.75) is 0 Å². The lowest BCUT2D eigenvalue weighted by atomic mass is 10.2. The molecule has 1 N–H and O–H groups in total. The number of nitrogens with zero attached hydrogens (tertiary/aromatic N) is 2. The highest BCUT2D eigenvalue weighted by atomic mass is 32.2. The average Bonchev–Trinajstić information content (AvgIpc) is 2.60. The van der Waals surface area contributed by atoms with Crippen molar-refractivity contribution in [2.75, 3.05) is 22.4 Å². The van der Waals surface area contributed by atoms with Crippen molar-refractivity contribution in [3.8, 4) is 0 Å². The molecule has 0 atom stereocenters. The van der Waals surface area contributed by atoms with Crippen molar-refractivity contribution >= 4 is 38.2 Å². The molecule has 2 aromatic carbocycles. The highest BCUT2D eigenvalue weighted by Gasteiger charge is 2.21. The van der Waals surface area contributed by atoms with E-state index in [1.54, 1.807) is 24.4 Å². The molecule has 0 spiro atoms. The molecule has 0 fully saturated rings. The van der Waals surface area contributed by atoms with E-state index in [4.69, 9.17) is 0 Å². The highest BCUT2D eigenvalue weighted by Crippen LogP contribution is 2.22. The monoisotopic (exact) mass is 373 g/mol. The van der Waals surface area contributed by atoms with Gasteiger partial charge in [-0.05, 0) is 36.4 Å². The number of benzene rings is 2. The summed E-state index contributed by atoms with van der Waals surface area (Å²) in [4.78, 5) is 16.7. The van der Waals surface area contributed by atoms with E-state index in [1.165, 1.54) is 12.1 Å². The van der Waals surface area contributed by atoms with Crippen LogP contribution < -0.4 is 9.62 Å². The van der Waals surface area contributed by atoms with Gasteiger partial charge in [0, 0.05) is 11.6 Å². The molecule has 26 heavy (non-hydrogen) atoms. The minimum atomic E-state index is -3.73. The number of halogens is 1. The number of nitrogens with one attached hydrogen (secondary N) is 1. The Kier molecular flexibility index (Phi) is 4.85. The van der Waals surface area contributed by atoms with Gasteiger partial charge < -0.3 is 5.32 Å². The van der Waals surface area contributed by atoms with E-state index in [0.717, 1.165) is 28.1 Å². The molecule has 0 aliphatic carbocycles. The van der Waals surface area contributed by atoms with E-state index in [2.05, 4.69) is 10.3 Å². The van der Waals surface area contributed by atoms with Crippen molar-refractivity contribution in [2.24, 2.45) is 0 Å². The van der Waals surface area contributed by atoms with Gasteiger partial charge in [-0.1, -0.05) is 18.2 Å². The maximum absolute atomic E-state index is 13.1. The first-order valence-corrected chi connectivity index (χ1v) is 9.56. The topological polar surface area (TPSA) is 79.4 Å². The number of hydrogen-bond donors (Lipinski definition) is 1. The van der Waals surface area contributed by atoms with Crippen LogP contribution in [0, 0.1) is 5.82 Å². The Morgan fingerprint density at radius 1 is 1.12 bits per heavy atom. The number of fused-ring (bicyclic) bond motifs is 1. The molecule has 3 aromatic rings. The van der Waals surface area contributed by atoms with Crippen LogP contribution in [0.3, 0.4) is 0 Å². The quantitative estimate of drug-likeness (QED) is 0.746. The van der Waals surface area contributed by atoms with Gasteiger partial charge in [0.25, 0.3) is 0 Å². The van der Waals surface area contributed by atoms with E-state index < -0.39 is 28.3 Å². The minimum absolute atomic E-state index is 0.208. The number of hydrogen-bond acceptors (Lipinski definition) is 4. The van der Waals surface area contributed by atoms with Gasteiger partial charge in [0.2, 0.25) is 15.9 Å². The first-order valence-electron chi connectivity index (χ1n) is 7.71. The Morgan fingerprint density at radius 2 is 1.81 bits per heavy atom. The SMILES string of the molecule is CS(=O)(=O)N(CC(=O)Nc1cccc2cccnc12)c1ccc(F)cc1. The molecule has 0 radical (unpaired) electrons. The van der Waals surface area contributed by atoms with Gasteiger partial charge in [-0.25, -0.2) is 12.8 Å². The molecule has 0 aliphatic heterocycles. The molecule has 0 unspecified atom stereocenters. The number of anilines is 2. The van der Waals surface area contributed by atoms with Crippen molar-refractivity contribution in [3.63, 3.8) is 0 Å². The van der Waals surface area contributed by atoms with Crippen LogP contribution in [0.1, 0.15) is 0 Å². The second-order valence-electron chi connectivity index (χ2n) is 5.67. The molecule has 8 heteroatoms. The van der Waals surface area contributed by atoms with E-state index in [0.29, 0.717) is 11.2 Å². The summed E-state index contributed by atoms with van der Waals surface area (Å²) >= 11 is 0. The van der Waals surface area contributed by atoms with Crippen LogP contribution in [0.4, 0.5) is 15.8 Å². The highest BCUT2D eigenvalue weighted by molar-refractivity contribution is 7.92. The summed E-state index contributed by atoms with van der Waals surface area (Å²) < 4.78 is 38.1. The standard InChI is InChI=1S/C18H16FN3O3S/c1-26(24,25)22(15-9-7-14(19)8-10-15)12-17(23)21-16-6-2-4-13-5-3-11-20-18(13)16/h2-11H,12H2,1H3,(H,21,23). The summed E-state index contributed by atoms with van der Waals surface area (Å²) in [6.45, 7) is -0.437. The zero-order chi connectivity index (χ0) is 18.7. The van der Waals surface area contributed by atoms with Crippen LogP contribution in [0.25, 0.3) is 10.9 Å². The first kappa shape index (κ1) is 17.8. The van der Waals surface area contributed by atoms with Gasteiger partial charge in [-0.3, -0.25) is 14.1 Å². The molecule has 134 valence electrons. The third kappa shape index (κ3) is 3.97. The minimum Gasteiger partial charge on any atom is -0.323 e. The third-order valence-corrected chi connectivity index (χ3v) is 4.85. The number of aromatic nitrogens is 1. The summed E-state index contributed by atoms with van der Waals surface area (Å²) in [6.07, 6.45) is 2.60. The Hall–Kier alpha value is -3.00. The molecule has 1 amide bonds. The third-order valence-electron chi connectivity index (χ3n) is 3.71. The van der Waals surface area contributed by atoms with Gasteiger partial charge in [-0.2, -0.15) is 0 Å². The van der Waals surface area contributed by atoms with Crippen molar-refractivity contribution in [3.05, 3.63) is 66.6 Å². The smallest absolute Gasteiger partial charge is 0.245 e. The van der Waals surface area contributed by atoms with Crippen LogP contribution in [-0.2, 0) is 14.8 Å². The predicted octanol–water partition coefficient (Wildman–Crippen LogP) is 2.78. The van der Waals surface area contributed by atoms with Crippen LogP contribution >= 0.6 is 0 Å². The average molecular weight is 373 g/mol. The number of pyridine rings is 1. The molecule has 0 bridgehead atoms. The molecule has 0 saturated carbocycles. The zero-order valence-electron chi connectivity index (χ0n) is 13.9.